The van der Waals surface area contributed by atoms with Crippen molar-refractivity contribution in [2.45, 2.75) is 51.0 Å². The van der Waals surface area contributed by atoms with Crippen molar-refractivity contribution < 1.29 is 22.2 Å². The molecule has 1 aliphatic heterocycles. The molecule has 26 heavy (non-hydrogen) atoms. The van der Waals surface area contributed by atoms with Crippen LogP contribution in [0.3, 0.4) is 0 Å². The molecule has 2 amide bonds. The number of rotatable bonds is 11. The summed E-state index contributed by atoms with van der Waals surface area (Å²) in [6.07, 6.45) is 0.738. The Balaban J connectivity index is 2.54. The van der Waals surface area contributed by atoms with Gasteiger partial charge in [-0.05, 0) is 29.3 Å². The van der Waals surface area contributed by atoms with Crippen LogP contribution in [0.2, 0.25) is 0 Å². The summed E-state index contributed by atoms with van der Waals surface area (Å²) < 4.78 is 28.7. The van der Waals surface area contributed by atoms with E-state index in [4.69, 9.17) is 0 Å². The number of thioether (sulfide) groups is 1. The first-order valence-corrected chi connectivity index (χ1v) is 11.6. The summed E-state index contributed by atoms with van der Waals surface area (Å²) in [6, 6.07) is 0. The average molecular weight is 409 g/mol. The van der Waals surface area contributed by atoms with E-state index in [1.165, 1.54) is 0 Å². The lowest BCUT2D eigenvalue weighted by Gasteiger charge is -2.20. The predicted molar refractivity (Wildman–Crippen MR) is 104 cm³/mol. The molecule has 1 saturated heterocycles. The summed E-state index contributed by atoms with van der Waals surface area (Å²) in [4.78, 5) is 26.1. The Hall–Kier alpha value is -0.800. The van der Waals surface area contributed by atoms with Crippen molar-refractivity contribution in [3.63, 3.8) is 0 Å². The van der Waals surface area contributed by atoms with E-state index < -0.39 is 21.3 Å². The Kier molecular flexibility index (Phi) is 9.40. The van der Waals surface area contributed by atoms with Gasteiger partial charge in [-0.15, -0.1) is 0 Å². The van der Waals surface area contributed by atoms with Crippen molar-refractivity contribution in [1.82, 2.24) is 10.2 Å². The van der Waals surface area contributed by atoms with Crippen LogP contribution in [-0.2, 0) is 23.9 Å². The standard InChI is InChI=1S/C17H32N2O5S2/c1-12(2)14-10-16(20)19(11-14)8-7-18-17(21)15(26(22,23)24-5)6-9-25-13(3)4/h12-15H,6-11H2,1-5H3,(H,18,21). The molecule has 1 aliphatic rings. The van der Waals surface area contributed by atoms with Crippen LogP contribution in [-0.4, -0.2) is 68.1 Å². The molecule has 1 rings (SSSR count). The summed E-state index contributed by atoms with van der Waals surface area (Å²) >= 11 is 1.60. The first kappa shape index (κ1) is 23.2. The molecule has 7 nitrogen and oxygen atoms in total. The molecular weight excluding hydrogens is 376 g/mol. The van der Waals surface area contributed by atoms with E-state index in [9.17, 15) is 18.0 Å². The second-order valence-electron chi connectivity index (χ2n) is 7.20. The molecule has 1 fully saturated rings. The van der Waals surface area contributed by atoms with Gasteiger partial charge in [0.05, 0.1) is 7.11 Å². The number of amides is 2. The highest BCUT2D eigenvalue weighted by Crippen LogP contribution is 2.24. The number of hydrogen-bond acceptors (Lipinski definition) is 6. The molecule has 0 spiro atoms. The second-order valence-corrected chi connectivity index (χ2v) is 10.8. The van der Waals surface area contributed by atoms with Gasteiger partial charge < -0.3 is 10.2 Å². The fourth-order valence-electron chi connectivity index (χ4n) is 2.83. The van der Waals surface area contributed by atoms with E-state index in [-0.39, 0.29) is 18.9 Å². The molecule has 0 radical (unpaired) electrons. The van der Waals surface area contributed by atoms with Gasteiger partial charge >= 0.3 is 0 Å². The van der Waals surface area contributed by atoms with Gasteiger partial charge in [-0.25, -0.2) is 0 Å². The Morgan fingerprint density at radius 3 is 2.50 bits per heavy atom. The third kappa shape index (κ3) is 7.08. The Labute approximate surface area is 161 Å². The van der Waals surface area contributed by atoms with E-state index in [0.29, 0.717) is 42.3 Å². The van der Waals surface area contributed by atoms with Gasteiger partial charge in [0.15, 0.2) is 5.25 Å². The van der Waals surface area contributed by atoms with Gasteiger partial charge in [0.1, 0.15) is 0 Å². The predicted octanol–water partition coefficient (Wildman–Crippen LogP) is 1.48. The van der Waals surface area contributed by atoms with E-state index in [2.05, 4.69) is 23.3 Å². The van der Waals surface area contributed by atoms with Crippen LogP contribution >= 0.6 is 11.8 Å². The number of nitrogens with zero attached hydrogens (tertiary/aromatic N) is 1. The fraction of sp³-hybridized carbons (Fsp3) is 0.882. The van der Waals surface area contributed by atoms with E-state index >= 15 is 0 Å². The fourth-order valence-corrected chi connectivity index (χ4v) is 4.80. The smallest absolute Gasteiger partial charge is 0.279 e. The molecule has 0 aromatic rings. The third-order valence-corrected chi connectivity index (χ3v) is 7.32. The van der Waals surface area contributed by atoms with Gasteiger partial charge in [-0.3, -0.25) is 13.8 Å². The van der Waals surface area contributed by atoms with Crippen molar-refractivity contribution in [1.29, 1.82) is 0 Å². The number of carbonyl (C=O) groups excluding carboxylic acids is 2. The summed E-state index contributed by atoms with van der Waals surface area (Å²) in [5, 5.41) is 1.79. The van der Waals surface area contributed by atoms with E-state index in [1.807, 2.05) is 13.8 Å². The van der Waals surface area contributed by atoms with Crippen LogP contribution < -0.4 is 5.32 Å². The highest BCUT2D eigenvalue weighted by molar-refractivity contribution is 7.99. The molecule has 2 atom stereocenters. The van der Waals surface area contributed by atoms with Crippen LogP contribution in [0.1, 0.15) is 40.5 Å². The minimum absolute atomic E-state index is 0.0901. The molecular formula is C17H32N2O5S2. The van der Waals surface area contributed by atoms with Crippen molar-refractivity contribution >= 4 is 33.7 Å². The zero-order valence-electron chi connectivity index (χ0n) is 16.4. The molecule has 152 valence electrons. The van der Waals surface area contributed by atoms with Gasteiger partial charge in [0.2, 0.25) is 11.8 Å². The van der Waals surface area contributed by atoms with Crippen LogP contribution in [0.5, 0.6) is 0 Å². The first-order chi connectivity index (χ1) is 12.1. The molecule has 9 heteroatoms. The minimum Gasteiger partial charge on any atom is -0.353 e. The Morgan fingerprint density at radius 2 is 2.00 bits per heavy atom. The molecule has 0 saturated carbocycles. The van der Waals surface area contributed by atoms with Gasteiger partial charge in [0.25, 0.3) is 10.1 Å². The minimum atomic E-state index is -3.94. The van der Waals surface area contributed by atoms with Gasteiger partial charge in [-0.1, -0.05) is 27.7 Å². The molecule has 0 aromatic carbocycles. The molecule has 0 aromatic heterocycles. The Morgan fingerprint density at radius 1 is 1.35 bits per heavy atom. The second kappa shape index (κ2) is 10.5. The van der Waals surface area contributed by atoms with Crippen molar-refractivity contribution in [3.8, 4) is 0 Å². The topological polar surface area (TPSA) is 92.8 Å². The third-order valence-electron chi connectivity index (χ3n) is 4.57. The summed E-state index contributed by atoms with van der Waals surface area (Å²) in [5.41, 5.74) is 0. The molecule has 1 heterocycles. The highest BCUT2D eigenvalue weighted by Gasteiger charge is 2.34. The number of carbonyl (C=O) groups is 2. The van der Waals surface area contributed by atoms with Gasteiger partial charge in [0, 0.05) is 26.1 Å². The van der Waals surface area contributed by atoms with Crippen LogP contribution in [0, 0.1) is 11.8 Å². The van der Waals surface area contributed by atoms with Crippen molar-refractivity contribution in [2.24, 2.45) is 11.8 Å². The number of likely N-dealkylation sites (tertiary alicyclic amines) is 1. The molecule has 0 bridgehead atoms. The summed E-state index contributed by atoms with van der Waals surface area (Å²) in [5.74, 6) is 0.857. The lowest BCUT2D eigenvalue weighted by Crippen LogP contribution is -2.44. The normalized spacial score (nSPS) is 19.4. The maximum Gasteiger partial charge on any atom is 0.279 e. The zero-order valence-corrected chi connectivity index (χ0v) is 18.0. The average Bonchev–Trinajstić information content (AvgIpc) is 2.92. The lowest BCUT2D eigenvalue weighted by atomic mass is 9.95. The summed E-state index contributed by atoms with van der Waals surface area (Å²) in [6.45, 7) is 9.55. The van der Waals surface area contributed by atoms with Gasteiger partial charge in [-0.2, -0.15) is 20.2 Å². The summed E-state index contributed by atoms with van der Waals surface area (Å²) in [7, 11) is -2.87. The molecule has 0 aliphatic carbocycles. The monoisotopic (exact) mass is 408 g/mol. The maximum absolute atomic E-state index is 12.4. The lowest BCUT2D eigenvalue weighted by molar-refractivity contribution is -0.128. The van der Waals surface area contributed by atoms with Crippen LogP contribution in [0.15, 0.2) is 0 Å². The first-order valence-electron chi connectivity index (χ1n) is 9.05. The molecule has 1 N–H and O–H groups in total. The molecule has 2 unspecified atom stereocenters. The maximum atomic E-state index is 12.4. The Bertz CT molecular complexity index is 578. The van der Waals surface area contributed by atoms with E-state index in [0.717, 1.165) is 7.11 Å². The van der Waals surface area contributed by atoms with E-state index in [1.54, 1.807) is 16.7 Å². The largest absolute Gasteiger partial charge is 0.353 e. The quantitative estimate of drug-likeness (QED) is 0.521. The van der Waals surface area contributed by atoms with Crippen molar-refractivity contribution in [2.75, 3.05) is 32.5 Å². The van der Waals surface area contributed by atoms with Crippen LogP contribution in [0.4, 0.5) is 0 Å². The number of nitrogens with one attached hydrogen (secondary N) is 1. The van der Waals surface area contributed by atoms with Crippen molar-refractivity contribution in [3.05, 3.63) is 0 Å². The SMILES string of the molecule is COS(=O)(=O)C(CCSC(C)C)C(=O)NCCN1CC(C(C)C)CC1=O. The van der Waals surface area contributed by atoms with Crippen LogP contribution in [0.25, 0.3) is 0 Å². The zero-order chi connectivity index (χ0) is 19.9. The number of hydrogen-bond donors (Lipinski definition) is 1. The highest BCUT2D eigenvalue weighted by atomic mass is 32.2.